The van der Waals surface area contributed by atoms with Gasteiger partial charge >= 0.3 is 0 Å². The SMILES string of the molecule is c1ccc(-c2ccc3c(c2)c2ccccc2n3-c2ccc3oc4c(-c5nc(-c6ccccc6)nc(-c6cccc(-c7cccc(-c8ccc9c%10ccccc%10n(-c%10ccc%11oc%12c(-c%13nc(-c%14ccccc%14)nc(-c%14ccccc%14)n%13)cccc%12c%11c%10)c9c8)c7)c6)n5)cccc4c3c2)cc1. The fraction of sp³-hybridized carbons (Fsp3) is 0. The van der Waals surface area contributed by atoms with E-state index in [0.717, 1.165) is 127 Å². The van der Waals surface area contributed by atoms with E-state index in [1.54, 1.807) is 0 Å². The summed E-state index contributed by atoms with van der Waals surface area (Å²) < 4.78 is 18.4. The van der Waals surface area contributed by atoms with Crippen molar-refractivity contribution >= 4 is 87.5 Å². The van der Waals surface area contributed by atoms with Gasteiger partial charge in [0, 0.05) is 76.7 Å². The van der Waals surface area contributed by atoms with Crippen LogP contribution in [0.4, 0.5) is 0 Å². The molecule has 0 amide bonds. The first kappa shape index (κ1) is 56.6. The first-order chi connectivity index (χ1) is 49.5. The predicted molar refractivity (Wildman–Crippen MR) is 405 cm³/mol. The predicted octanol–water partition coefficient (Wildman–Crippen LogP) is 23.1. The molecule has 0 saturated carbocycles. The summed E-state index contributed by atoms with van der Waals surface area (Å²) in [6.07, 6.45) is 0. The summed E-state index contributed by atoms with van der Waals surface area (Å²) in [7, 11) is 0. The summed E-state index contributed by atoms with van der Waals surface area (Å²) in [5.74, 6) is 3.36. The molecule has 6 heterocycles. The smallest absolute Gasteiger partial charge is 0.167 e. The van der Waals surface area contributed by atoms with Crippen LogP contribution in [0.3, 0.4) is 0 Å². The molecule has 10 heteroatoms. The normalized spacial score (nSPS) is 11.8. The van der Waals surface area contributed by atoms with E-state index in [1.807, 2.05) is 103 Å². The first-order valence-electron chi connectivity index (χ1n) is 33.5. The quantitative estimate of drug-likeness (QED) is 0.126. The van der Waals surface area contributed by atoms with E-state index in [-0.39, 0.29) is 0 Å². The summed E-state index contributed by atoms with van der Waals surface area (Å²) in [6, 6.07) is 114. The Hall–Kier alpha value is -13.7. The second kappa shape index (κ2) is 23.0. The van der Waals surface area contributed by atoms with Crippen LogP contribution in [-0.4, -0.2) is 39.0 Å². The lowest BCUT2D eigenvalue weighted by molar-refractivity contribution is 0.669. The van der Waals surface area contributed by atoms with Crippen LogP contribution in [0.15, 0.2) is 336 Å². The number of furan rings is 2. The molecule has 0 unspecified atom stereocenters. The number of hydrogen-bond donors (Lipinski definition) is 0. The Labute approximate surface area is 572 Å². The van der Waals surface area contributed by atoms with Gasteiger partial charge in [0.1, 0.15) is 22.3 Å². The highest BCUT2D eigenvalue weighted by Crippen LogP contribution is 2.43. The zero-order valence-corrected chi connectivity index (χ0v) is 53.6. The van der Waals surface area contributed by atoms with Gasteiger partial charge in [0.15, 0.2) is 34.9 Å². The van der Waals surface area contributed by atoms with Crippen molar-refractivity contribution in [1.82, 2.24) is 39.0 Å². The maximum atomic E-state index is 6.88. The lowest BCUT2D eigenvalue weighted by Gasteiger charge is -2.11. The summed E-state index contributed by atoms with van der Waals surface area (Å²) in [4.78, 5) is 30.9. The van der Waals surface area contributed by atoms with E-state index in [2.05, 4.69) is 234 Å². The molecule has 0 aliphatic rings. The number of rotatable bonds is 11. The molecule has 10 nitrogen and oxygen atoms in total. The molecule has 0 bridgehead atoms. The summed E-state index contributed by atoms with van der Waals surface area (Å²) in [6.45, 7) is 0. The topological polar surface area (TPSA) is 113 Å². The van der Waals surface area contributed by atoms with Crippen molar-refractivity contribution in [1.29, 1.82) is 0 Å². The largest absolute Gasteiger partial charge is 0.455 e. The highest BCUT2D eigenvalue weighted by molar-refractivity contribution is 6.15. The zero-order chi connectivity index (χ0) is 65.8. The highest BCUT2D eigenvalue weighted by Gasteiger charge is 2.23. The van der Waals surface area contributed by atoms with E-state index >= 15 is 0 Å². The minimum atomic E-state index is 0.518. The van der Waals surface area contributed by atoms with Crippen LogP contribution < -0.4 is 0 Å². The maximum Gasteiger partial charge on any atom is 0.167 e. The zero-order valence-electron chi connectivity index (χ0n) is 53.6. The third kappa shape index (κ3) is 9.49. The number of aromatic nitrogens is 8. The Kier molecular flexibility index (Phi) is 13.0. The third-order valence-electron chi connectivity index (χ3n) is 19.4. The number of para-hydroxylation sites is 4. The van der Waals surface area contributed by atoms with Gasteiger partial charge in [0.05, 0.1) is 33.2 Å². The van der Waals surface area contributed by atoms with Gasteiger partial charge in [0.25, 0.3) is 0 Å². The van der Waals surface area contributed by atoms with Crippen molar-refractivity contribution in [3.05, 3.63) is 328 Å². The maximum absolute atomic E-state index is 6.88. The van der Waals surface area contributed by atoms with Crippen LogP contribution in [0.25, 0.3) is 201 Å². The molecule has 0 N–H and O–H groups in total. The Morgan fingerprint density at radius 2 is 0.540 bits per heavy atom. The molecular weight excluding hydrogens is 1230 g/mol. The van der Waals surface area contributed by atoms with E-state index in [4.69, 9.17) is 38.7 Å². The van der Waals surface area contributed by atoms with Gasteiger partial charge in [-0.25, -0.2) is 29.9 Å². The molecule has 6 aromatic heterocycles. The molecule has 20 aromatic rings. The standard InChI is InChI=1S/C90H54N8O2/c1-5-21-55(22-6-1)62-42-46-79-74(51-62)68-34-14-16-40-78(68)97(79)65-43-47-81-75(53-65)70-35-20-38-73(84(70)99-81)90-95-87(58-27-11-4-12-28-58)92-88(96-90)64-32-18-31-61(50-64)59-29-17-30-60(49-59)63-41-45-69-67-33-13-15-39-77(67)98(80(69)52-63)66-44-48-82-76(54-66)71-36-19-37-72(83(71)100-82)89-93-85(56-23-7-2-8-24-56)91-86(94-89)57-25-9-3-10-26-57/h1-54H. The van der Waals surface area contributed by atoms with Crippen molar-refractivity contribution in [2.45, 2.75) is 0 Å². The second-order valence-corrected chi connectivity index (χ2v) is 25.3. The number of fused-ring (bicyclic) bond motifs is 12. The molecule has 20 rings (SSSR count). The second-order valence-electron chi connectivity index (χ2n) is 25.3. The summed E-state index contributed by atoms with van der Waals surface area (Å²) in [5, 5.41) is 8.66. The van der Waals surface area contributed by atoms with Gasteiger partial charge in [-0.15, -0.1) is 0 Å². The van der Waals surface area contributed by atoms with E-state index < -0.39 is 0 Å². The van der Waals surface area contributed by atoms with E-state index in [0.29, 0.717) is 46.1 Å². The van der Waals surface area contributed by atoms with Crippen molar-refractivity contribution in [3.63, 3.8) is 0 Å². The van der Waals surface area contributed by atoms with Crippen molar-refractivity contribution in [2.75, 3.05) is 0 Å². The summed E-state index contributed by atoms with van der Waals surface area (Å²) >= 11 is 0. The van der Waals surface area contributed by atoms with Crippen molar-refractivity contribution < 1.29 is 8.83 Å². The van der Waals surface area contributed by atoms with Crippen molar-refractivity contribution in [3.8, 4) is 113 Å². The van der Waals surface area contributed by atoms with Crippen LogP contribution in [0, 0.1) is 0 Å². The molecule has 0 radical (unpaired) electrons. The molecule has 466 valence electrons. The molecular formula is C90H54N8O2. The van der Waals surface area contributed by atoms with Crippen molar-refractivity contribution in [2.24, 2.45) is 0 Å². The van der Waals surface area contributed by atoms with E-state index in [9.17, 15) is 0 Å². The van der Waals surface area contributed by atoms with Gasteiger partial charge in [0.2, 0.25) is 0 Å². The van der Waals surface area contributed by atoms with Crippen LogP contribution in [0.1, 0.15) is 0 Å². The Morgan fingerprint density at radius 1 is 0.190 bits per heavy atom. The number of benzene rings is 14. The monoisotopic (exact) mass is 1280 g/mol. The molecule has 0 fully saturated rings. The van der Waals surface area contributed by atoms with Gasteiger partial charge in [-0.3, -0.25) is 0 Å². The van der Waals surface area contributed by atoms with E-state index in [1.165, 1.54) is 27.3 Å². The number of nitrogens with zero attached hydrogens (tertiary/aromatic N) is 8. The minimum Gasteiger partial charge on any atom is -0.455 e. The van der Waals surface area contributed by atoms with Gasteiger partial charge in [-0.1, -0.05) is 237 Å². The molecule has 0 saturated heterocycles. The molecule has 0 aliphatic heterocycles. The van der Waals surface area contributed by atoms with Gasteiger partial charge in [-0.2, -0.15) is 0 Å². The Bertz CT molecular complexity index is 6600. The fourth-order valence-electron chi connectivity index (χ4n) is 14.7. The fourth-order valence-corrected chi connectivity index (χ4v) is 14.7. The van der Waals surface area contributed by atoms with Crippen LogP contribution in [0.2, 0.25) is 0 Å². The van der Waals surface area contributed by atoms with Gasteiger partial charge in [-0.05, 0) is 124 Å². The molecule has 0 spiro atoms. The lowest BCUT2D eigenvalue weighted by atomic mass is 9.97. The van der Waals surface area contributed by atoms with Crippen LogP contribution in [0.5, 0.6) is 0 Å². The number of hydrogen-bond acceptors (Lipinski definition) is 8. The molecule has 0 aliphatic carbocycles. The average molecular weight is 1280 g/mol. The summed E-state index contributed by atoms with van der Waals surface area (Å²) in [5.41, 5.74) is 21.3. The molecule has 100 heavy (non-hydrogen) atoms. The molecule has 14 aromatic carbocycles. The van der Waals surface area contributed by atoms with Crippen LogP contribution in [-0.2, 0) is 0 Å². The van der Waals surface area contributed by atoms with Crippen LogP contribution >= 0.6 is 0 Å². The first-order valence-corrected chi connectivity index (χ1v) is 33.5. The minimum absolute atomic E-state index is 0.518. The average Bonchev–Trinajstić information content (AvgIpc) is 1.59. The highest BCUT2D eigenvalue weighted by atomic mass is 16.3. The molecule has 0 atom stereocenters. The third-order valence-corrected chi connectivity index (χ3v) is 19.4. The Balaban J connectivity index is 0.653. The van der Waals surface area contributed by atoms with Gasteiger partial charge < -0.3 is 18.0 Å². The Morgan fingerprint density at radius 3 is 1.06 bits per heavy atom. The lowest BCUT2D eigenvalue weighted by Crippen LogP contribution is -2.00.